The molecule has 0 saturated heterocycles. The van der Waals surface area contributed by atoms with E-state index in [4.69, 9.17) is 0 Å². The average molecular weight is 172 g/mol. The van der Waals surface area contributed by atoms with Crippen LogP contribution in [0.5, 0.6) is 0 Å². The molecule has 0 heterocycles. The predicted molar refractivity (Wildman–Crippen MR) is 47.8 cm³/mol. The third-order valence-corrected chi connectivity index (χ3v) is 0.902. The Labute approximate surface area is 73.4 Å². The van der Waals surface area contributed by atoms with E-state index in [1.54, 1.807) is 6.92 Å². The molecule has 0 aliphatic heterocycles. The lowest BCUT2D eigenvalue weighted by Crippen LogP contribution is -1.96. The lowest BCUT2D eigenvalue weighted by atomic mass is 10.4. The van der Waals surface area contributed by atoms with Gasteiger partial charge in [-0.2, -0.15) is 0 Å². The Balaban J connectivity index is 0. The van der Waals surface area contributed by atoms with E-state index in [9.17, 15) is 9.59 Å². The Morgan fingerprint density at radius 1 is 1.42 bits per heavy atom. The minimum Gasteiger partial charge on any atom is -0.462 e. The molecule has 70 valence electrons. The quantitative estimate of drug-likeness (QED) is 0.481. The minimum absolute atomic E-state index is 0.255. The van der Waals surface area contributed by atoms with Gasteiger partial charge in [0.05, 0.1) is 0 Å². The van der Waals surface area contributed by atoms with Crippen LogP contribution >= 0.6 is 0 Å². The molecule has 0 bridgehead atoms. The first kappa shape index (κ1) is 13.5. The molecule has 0 spiro atoms. The van der Waals surface area contributed by atoms with Crippen molar-refractivity contribution in [2.45, 2.75) is 27.2 Å². The number of ether oxygens (including phenoxy) is 1. The largest absolute Gasteiger partial charge is 0.462 e. The van der Waals surface area contributed by atoms with Crippen molar-refractivity contribution in [3.63, 3.8) is 0 Å². The second-order valence-electron chi connectivity index (χ2n) is 2.15. The second kappa shape index (κ2) is 9.88. The Kier molecular flexibility index (Phi) is 11.1. The zero-order chi connectivity index (χ0) is 9.98. The molecule has 0 N–H and O–H groups in total. The van der Waals surface area contributed by atoms with E-state index in [0.29, 0.717) is 13.0 Å². The fraction of sp³-hybridized carbons (Fsp3) is 0.556. The zero-order valence-electron chi connectivity index (χ0n) is 7.92. The van der Waals surface area contributed by atoms with Crippen LogP contribution in [0.25, 0.3) is 0 Å². The molecule has 0 fully saturated rings. The van der Waals surface area contributed by atoms with Gasteiger partial charge in [0.25, 0.3) is 0 Å². The van der Waals surface area contributed by atoms with Crippen LogP contribution in [-0.2, 0) is 14.3 Å². The zero-order valence-corrected chi connectivity index (χ0v) is 7.92. The number of rotatable bonds is 3. The number of hydrogen-bond donors (Lipinski definition) is 0. The van der Waals surface area contributed by atoms with Gasteiger partial charge in [-0.05, 0) is 6.92 Å². The molecular weight excluding hydrogens is 156 g/mol. The summed E-state index contributed by atoms with van der Waals surface area (Å²) >= 11 is 0. The SMILES string of the molecule is C=CCOC(C)=O.CCC(C)=O. The highest BCUT2D eigenvalue weighted by Gasteiger charge is 1.83. The van der Waals surface area contributed by atoms with Crippen molar-refractivity contribution in [1.82, 2.24) is 0 Å². The van der Waals surface area contributed by atoms with Gasteiger partial charge in [-0.15, -0.1) is 0 Å². The highest BCUT2D eigenvalue weighted by atomic mass is 16.5. The number of carbonyl (C=O) groups excluding carboxylic acids is 2. The molecular formula is C9H16O3. The normalized spacial score (nSPS) is 7.58. The molecule has 0 aromatic carbocycles. The van der Waals surface area contributed by atoms with Crippen molar-refractivity contribution in [1.29, 1.82) is 0 Å². The summed E-state index contributed by atoms with van der Waals surface area (Å²) in [5, 5.41) is 0. The Bertz CT molecular complexity index is 150. The molecule has 0 unspecified atom stereocenters. The van der Waals surface area contributed by atoms with Gasteiger partial charge in [0, 0.05) is 13.3 Å². The van der Waals surface area contributed by atoms with Gasteiger partial charge in [0.1, 0.15) is 12.4 Å². The fourth-order valence-corrected chi connectivity index (χ4v) is 0.176. The topological polar surface area (TPSA) is 43.4 Å². The lowest BCUT2D eigenvalue weighted by Gasteiger charge is -1.90. The summed E-state index contributed by atoms with van der Waals surface area (Å²) in [4.78, 5) is 19.7. The summed E-state index contributed by atoms with van der Waals surface area (Å²) < 4.78 is 4.43. The van der Waals surface area contributed by atoms with Gasteiger partial charge in [0.15, 0.2) is 0 Å². The second-order valence-corrected chi connectivity index (χ2v) is 2.15. The molecule has 0 aliphatic carbocycles. The predicted octanol–water partition coefficient (Wildman–Crippen LogP) is 1.72. The van der Waals surface area contributed by atoms with E-state index in [1.807, 2.05) is 6.92 Å². The van der Waals surface area contributed by atoms with Crippen molar-refractivity contribution in [2.75, 3.05) is 6.61 Å². The lowest BCUT2D eigenvalue weighted by molar-refractivity contribution is -0.139. The average Bonchev–Trinajstić information content (AvgIpc) is 2.02. The maximum absolute atomic E-state index is 9.93. The van der Waals surface area contributed by atoms with Gasteiger partial charge in [-0.3, -0.25) is 4.79 Å². The van der Waals surface area contributed by atoms with E-state index >= 15 is 0 Å². The van der Waals surface area contributed by atoms with E-state index in [-0.39, 0.29) is 11.8 Å². The molecule has 0 aromatic rings. The van der Waals surface area contributed by atoms with Crippen molar-refractivity contribution < 1.29 is 14.3 Å². The van der Waals surface area contributed by atoms with Gasteiger partial charge in [-0.1, -0.05) is 19.6 Å². The van der Waals surface area contributed by atoms with Gasteiger partial charge >= 0.3 is 5.97 Å². The van der Waals surface area contributed by atoms with Crippen molar-refractivity contribution in [3.8, 4) is 0 Å². The van der Waals surface area contributed by atoms with Gasteiger partial charge < -0.3 is 9.53 Å². The number of Topliss-reactive ketones (excluding diaryl/α,β-unsaturated/α-hetero) is 1. The Hall–Kier alpha value is -1.12. The first-order chi connectivity index (χ1) is 5.54. The van der Waals surface area contributed by atoms with Crippen LogP contribution in [0.2, 0.25) is 0 Å². The first-order valence-corrected chi connectivity index (χ1v) is 3.78. The van der Waals surface area contributed by atoms with Crippen LogP contribution < -0.4 is 0 Å². The molecule has 0 aliphatic rings. The van der Waals surface area contributed by atoms with E-state index in [2.05, 4.69) is 11.3 Å². The van der Waals surface area contributed by atoms with Crippen LogP contribution in [0.15, 0.2) is 12.7 Å². The molecule has 0 atom stereocenters. The molecule has 3 heteroatoms. The van der Waals surface area contributed by atoms with Gasteiger partial charge in [-0.25, -0.2) is 0 Å². The standard InChI is InChI=1S/C5H8O2.C4H8O/c1-3-4-7-5(2)6;1-3-4(2)5/h3H,1,4H2,2H3;3H2,1-2H3. The smallest absolute Gasteiger partial charge is 0.302 e. The van der Waals surface area contributed by atoms with E-state index in [1.165, 1.54) is 13.0 Å². The molecule has 12 heavy (non-hydrogen) atoms. The molecule has 0 radical (unpaired) electrons. The molecule has 3 nitrogen and oxygen atoms in total. The third-order valence-electron chi connectivity index (χ3n) is 0.902. The summed E-state index contributed by atoms with van der Waals surface area (Å²) in [5.41, 5.74) is 0. The number of ketones is 1. The Morgan fingerprint density at radius 3 is 1.92 bits per heavy atom. The molecule has 0 aromatic heterocycles. The fourth-order valence-electron chi connectivity index (χ4n) is 0.176. The maximum Gasteiger partial charge on any atom is 0.302 e. The number of carbonyl (C=O) groups is 2. The van der Waals surface area contributed by atoms with E-state index in [0.717, 1.165) is 0 Å². The van der Waals surface area contributed by atoms with E-state index < -0.39 is 0 Å². The highest BCUT2D eigenvalue weighted by molar-refractivity contribution is 5.74. The maximum atomic E-state index is 9.93. The van der Waals surface area contributed by atoms with Crippen LogP contribution in [-0.4, -0.2) is 18.4 Å². The summed E-state index contributed by atoms with van der Waals surface area (Å²) in [6.45, 7) is 8.47. The summed E-state index contributed by atoms with van der Waals surface area (Å²) in [7, 11) is 0. The highest BCUT2D eigenvalue weighted by Crippen LogP contribution is 1.73. The van der Waals surface area contributed by atoms with Gasteiger partial charge in [0.2, 0.25) is 0 Å². The monoisotopic (exact) mass is 172 g/mol. The third kappa shape index (κ3) is 23.2. The molecule has 0 rings (SSSR count). The minimum atomic E-state index is -0.264. The van der Waals surface area contributed by atoms with Crippen molar-refractivity contribution in [2.24, 2.45) is 0 Å². The summed E-state index contributed by atoms with van der Waals surface area (Å²) in [6.07, 6.45) is 2.20. The Morgan fingerprint density at radius 2 is 1.83 bits per heavy atom. The van der Waals surface area contributed by atoms with Crippen molar-refractivity contribution in [3.05, 3.63) is 12.7 Å². The summed E-state index contributed by atoms with van der Waals surface area (Å²) in [6, 6.07) is 0. The number of hydrogen-bond acceptors (Lipinski definition) is 3. The summed E-state index contributed by atoms with van der Waals surface area (Å²) in [5.74, 6) is -0.00935. The van der Waals surface area contributed by atoms with Crippen LogP contribution in [0.3, 0.4) is 0 Å². The molecule has 0 amide bonds. The first-order valence-electron chi connectivity index (χ1n) is 3.78. The van der Waals surface area contributed by atoms with Crippen LogP contribution in [0, 0.1) is 0 Å². The molecule has 0 saturated carbocycles. The van der Waals surface area contributed by atoms with Crippen LogP contribution in [0.4, 0.5) is 0 Å². The number of esters is 1. The van der Waals surface area contributed by atoms with Crippen molar-refractivity contribution >= 4 is 11.8 Å². The van der Waals surface area contributed by atoms with Crippen LogP contribution in [0.1, 0.15) is 27.2 Å².